The van der Waals surface area contributed by atoms with E-state index in [-0.39, 0.29) is 18.4 Å². The monoisotopic (exact) mass is 339 g/mol. The number of hydrogen-bond donors (Lipinski definition) is 1. The van der Waals surface area contributed by atoms with Gasteiger partial charge in [0.25, 0.3) is 0 Å². The Morgan fingerprint density at radius 2 is 2.04 bits per heavy atom. The fourth-order valence-corrected chi connectivity index (χ4v) is 3.50. The summed E-state index contributed by atoms with van der Waals surface area (Å²) in [6.07, 6.45) is 3.93. The van der Waals surface area contributed by atoms with Crippen molar-refractivity contribution in [2.45, 2.75) is 45.6 Å². The van der Waals surface area contributed by atoms with Crippen molar-refractivity contribution < 1.29 is 9.90 Å². The van der Waals surface area contributed by atoms with Crippen LogP contribution in [-0.2, 0) is 17.8 Å². The number of nitrogens with zero attached hydrogens (tertiary/aromatic N) is 3. The lowest BCUT2D eigenvalue weighted by atomic mass is 9.90. The van der Waals surface area contributed by atoms with E-state index in [2.05, 4.69) is 16.0 Å². The molecule has 3 rings (SSSR count). The number of amides is 1. The Labute approximate surface area is 148 Å². The van der Waals surface area contributed by atoms with E-state index in [4.69, 9.17) is 0 Å². The first kappa shape index (κ1) is 17.5. The molecule has 25 heavy (non-hydrogen) atoms. The lowest BCUT2D eigenvalue weighted by Crippen LogP contribution is -2.39. The van der Waals surface area contributed by atoms with Crippen LogP contribution in [0, 0.1) is 13.8 Å². The molecule has 5 heteroatoms. The van der Waals surface area contributed by atoms with Gasteiger partial charge in [-0.15, -0.1) is 0 Å². The minimum absolute atomic E-state index is 0.0396. The molecule has 5 nitrogen and oxygen atoms in total. The molecule has 0 bridgehead atoms. The third-order valence-electron chi connectivity index (χ3n) is 4.86. The van der Waals surface area contributed by atoms with Crippen LogP contribution in [0.25, 0.3) is 0 Å². The number of aliphatic hydroxyl groups excluding tert-OH is 1. The number of likely N-dealkylation sites (tertiary alicyclic amines) is 1. The number of aromatic nitrogens is 2. The summed E-state index contributed by atoms with van der Waals surface area (Å²) in [5.74, 6) is 1.20. The zero-order chi connectivity index (χ0) is 17.8. The first-order chi connectivity index (χ1) is 12.1. The molecule has 2 heterocycles. The number of piperidine rings is 1. The Balaban J connectivity index is 1.62. The van der Waals surface area contributed by atoms with E-state index in [1.165, 1.54) is 5.56 Å². The minimum Gasteiger partial charge on any atom is -0.392 e. The van der Waals surface area contributed by atoms with Crippen LogP contribution in [0.2, 0.25) is 0 Å². The van der Waals surface area contributed by atoms with Crippen molar-refractivity contribution >= 4 is 5.91 Å². The van der Waals surface area contributed by atoms with Gasteiger partial charge in [-0.05, 0) is 32.3 Å². The van der Waals surface area contributed by atoms with Gasteiger partial charge in [-0.3, -0.25) is 4.79 Å². The summed E-state index contributed by atoms with van der Waals surface area (Å²) in [5.41, 5.74) is 4.00. The molecule has 0 atom stereocenters. The second-order valence-corrected chi connectivity index (χ2v) is 6.81. The quantitative estimate of drug-likeness (QED) is 0.929. The zero-order valence-electron chi connectivity index (χ0n) is 14.9. The van der Waals surface area contributed by atoms with Crippen molar-refractivity contribution in [3.63, 3.8) is 0 Å². The molecule has 0 spiro atoms. The Bertz CT molecular complexity index is 752. The third kappa shape index (κ3) is 4.23. The predicted molar refractivity (Wildman–Crippen MR) is 96.1 cm³/mol. The molecule has 0 saturated carbocycles. The fourth-order valence-electron chi connectivity index (χ4n) is 3.50. The van der Waals surface area contributed by atoms with E-state index in [1.807, 2.05) is 36.9 Å². The summed E-state index contributed by atoms with van der Waals surface area (Å²) in [7, 11) is 0. The topological polar surface area (TPSA) is 66.3 Å². The van der Waals surface area contributed by atoms with Crippen molar-refractivity contribution in [3.05, 3.63) is 58.7 Å². The van der Waals surface area contributed by atoms with Crippen LogP contribution in [0.5, 0.6) is 0 Å². The normalized spacial score (nSPS) is 15.4. The molecular formula is C20H25N3O2. The van der Waals surface area contributed by atoms with Crippen molar-refractivity contribution in [1.82, 2.24) is 14.9 Å². The van der Waals surface area contributed by atoms with Crippen LogP contribution >= 0.6 is 0 Å². The summed E-state index contributed by atoms with van der Waals surface area (Å²) in [6, 6.07) is 8.12. The first-order valence-electron chi connectivity index (χ1n) is 8.83. The average molecular weight is 339 g/mol. The molecule has 1 saturated heterocycles. The molecule has 0 unspecified atom stereocenters. The van der Waals surface area contributed by atoms with Crippen molar-refractivity contribution in [2.24, 2.45) is 0 Å². The maximum Gasteiger partial charge on any atom is 0.226 e. The summed E-state index contributed by atoms with van der Waals surface area (Å²) in [6.45, 7) is 5.35. The van der Waals surface area contributed by atoms with Crippen LogP contribution in [0.3, 0.4) is 0 Å². The van der Waals surface area contributed by atoms with Gasteiger partial charge >= 0.3 is 0 Å². The number of hydrogen-bond acceptors (Lipinski definition) is 4. The molecule has 1 amide bonds. The highest BCUT2D eigenvalue weighted by Gasteiger charge is 2.26. The molecule has 1 aromatic carbocycles. The Morgan fingerprint density at radius 3 is 2.72 bits per heavy atom. The molecule has 2 aromatic rings. The van der Waals surface area contributed by atoms with Gasteiger partial charge in [-0.1, -0.05) is 29.8 Å². The van der Waals surface area contributed by atoms with E-state index >= 15 is 0 Å². The smallest absolute Gasteiger partial charge is 0.226 e. The Morgan fingerprint density at radius 1 is 1.28 bits per heavy atom. The SMILES string of the molecule is Cc1cccc(CC(=O)N2CCC(c3nc(C)ncc3CO)CC2)c1. The van der Waals surface area contributed by atoms with Crippen molar-refractivity contribution in [3.8, 4) is 0 Å². The van der Waals surface area contributed by atoms with Gasteiger partial charge in [0.1, 0.15) is 5.82 Å². The number of benzene rings is 1. The second kappa shape index (κ2) is 7.74. The van der Waals surface area contributed by atoms with Gasteiger partial charge in [0, 0.05) is 30.8 Å². The maximum absolute atomic E-state index is 12.6. The standard InChI is InChI=1S/C20H25N3O2/c1-14-4-3-5-16(10-14)11-19(25)23-8-6-17(7-9-23)20-18(13-24)12-21-15(2)22-20/h3-5,10,12,17,24H,6-9,11,13H2,1-2H3. The van der Waals surface area contributed by atoms with E-state index < -0.39 is 0 Å². The molecule has 1 fully saturated rings. The van der Waals surface area contributed by atoms with Gasteiger partial charge in [0.15, 0.2) is 0 Å². The predicted octanol–water partition coefficient (Wildman–Crippen LogP) is 2.53. The van der Waals surface area contributed by atoms with E-state index in [0.29, 0.717) is 6.42 Å². The van der Waals surface area contributed by atoms with Crippen LogP contribution in [-0.4, -0.2) is 39.0 Å². The summed E-state index contributed by atoms with van der Waals surface area (Å²) in [4.78, 5) is 23.2. The summed E-state index contributed by atoms with van der Waals surface area (Å²) < 4.78 is 0. The molecular weight excluding hydrogens is 314 g/mol. The largest absolute Gasteiger partial charge is 0.392 e. The highest BCUT2D eigenvalue weighted by atomic mass is 16.3. The highest BCUT2D eigenvalue weighted by Crippen LogP contribution is 2.29. The summed E-state index contributed by atoms with van der Waals surface area (Å²) >= 11 is 0. The molecule has 0 aliphatic carbocycles. The highest BCUT2D eigenvalue weighted by molar-refractivity contribution is 5.79. The minimum atomic E-state index is -0.0396. The number of carbonyl (C=O) groups excluding carboxylic acids is 1. The lowest BCUT2D eigenvalue weighted by Gasteiger charge is -2.32. The lowest BCUT2D eigenvalue weighted by molar-refractivity contribution is -0.131. The van der Waals surface area contributed by atoms with Crippen molar-refractivity contribution in [2.75, 3.05) is 13.1 Å². The van der Waals surface area contributed by atoms with Gasteiger partial charge in [-0.25, -0.2) is 9.97 Å². The van der Waals surface area contributed by atoms with Crippen LogP contribution in [0.1, 0.15) is 47.0 Å². The van der Waals surface area contributed by atoms with E-state index in [1.54, 1.807) is 6.20 Å². The summed E-state index contributed by atoms with van der Waals surface area (Å²) in [5, 5.41) is 9.52. The average Bonchev–Trinajstić information content (AvgIpc) is 2.62. The molecule has 0 radical (unpaired) electrons. The second-order valence-electron chi connectivity index (χ2n) is 6.81. The maximum atomic E-state index is 12.6. The molecule has 132 valence electrons. The molecule has 1 aromatic heterocycles. The first-order valence-corrected chi connectivity index (χ1v) is 8.83. The zero-order valence-corrected chi connectivity index (χ0v) is 14.9. The molecule has 1 aliphatic heterocycles. The van der Waals surface area contributed by atoms with Crippen LogP contribution in [0.15, 0.2) is 30.5 Å². The van der Waals surface area contributed by atoms with E-state index in [0.717, 1.165) is 48.6 Å². The van der Waals surface area contributed by atoms with Gasteiger partial charge in [-0.2, -0.15) is 0 Å². The number of aliphatic hydroxyl groups is 1. The van der Waals surface area contributed by atoms with Crippen molar-refractivity contribution in [1.29, 1.82) is 0 Å². The Hall–Kier alpha value is -2.27. The van der Waals surface area contributed by atoms with Gasteiger partial charge in [0.05, 0.1) is 18.7 Å². The Kier molecular flexibility index (Phi) is 5.43. The van der Waals surface area contributed by atoms with Crippen LogP contribution < -0.4 is 0 Å². The number of carbonyl (C=O) groups is 1. The molecule has 1 N–H and O–H groups in total. The third-order valence-corrected chi connectivity index (χ3v) is 4.86. The van der Waals surface area contributed by atoms with Gasteiger partial charge in [0.2, 0.25) is 5.91 Å². The number of rotatable bonds is 4. The van der Waals surface area contributed by atoms with E-state index in [9.17, 15) is 9.90 Å². The fraction of sp³-hybridized carbons (Fsp3) is 0.450. The molecule has 1 aliphatic rings. The van der Waals surface area contributed by atoms with Gasteiger partial charge < -0.3 is 10.0 Å². The number of aryl methyl sites for hydroxylation is 2. The van der Waals surface area contributed by atoms with Crippen LogP contribution in [0.4, 0.5) is 0 Å².